The lowest BCUT2D eigenvalue weighted by Crippen LogP contribution is -2.53. The highest BCUT2D eigenvalue weighted by Gasteiger charge is 2.53. The van der Waals surface area contributed by atoms with Gasteiger partial charge in [-0.25, -0.2) is 9.18 Å². The van der Waals surface area contributed by atoms with Gasteiger partial charge in [-0.3, -0.25) is 19.9 Å². The van der Waals surface area contributed by atoms with Crippen LogP contribution in [0.25, 0.3) is 0 Å². The van der Waals surface area contributed by atoms with Gasteiger partial charge >= 0.3 is 6.03 Å². The fraction of sp³-hybridized carbons (Fsp3) is 0.571. The molecule has 0 radical (unpaired) electrons. The molecule has 1 spiro atoms. The van der Waals surface area contributed by atoms with Crippen molar-refractivity contribution in [2.75, 3.05) is 6.54 Å². The van der Waals surface area contributed by atoms with Crippen molar-refractivity contribution in [3.63, 3.8) is 0 Å². The molecule has 1 heterocycles. The first-order chi connectivity index (χ1) is 13.9. The summed E-state index contributed by atoms with van der Waals surface area (Å²) in [5.74, 6) is -0.524. The molecule has 1 aliphatic heterocycles. The molecule has 0 bridgehead atoms. The zero-order chi connectivity index (χ0) is 20.6. The highest BCUT2D eigenvalue weighted by atomic mass is 19.1. The Kier molecular flexibility index (Phi) is 5.29. The summed E-state index contributed by atoms with van der Waals surface area (Å²) in [4.78, 5) is 39.8. The number of rotatable bonds is 6. The molecule has 1 aromatic carbocycles. The Labute approximate surface area is 169 Å². The van der Waals surface area contributed by atoms with Gasteiger partial charge in [0.1, 0.15) is 11.4 Å². The van der Waals surface area contributed by atoms with Gasteiger partial charge in [0.25, 0.3) is 11.8 Å². The zero-order valence-electron chi connectivity index (χ0n) is 16.6. The highest BCUT2D eigenvalue weighted by molar-refractivity contribution is 6.08. The Morgan fingerprint density at radius 3 is 2.48 bits per heavy atom. The SMILES string of the molecule is CC1CCC2(CC1)NC(=O)N(NC(=O)CN(Cc1ccc(F)cc1)C1CC1)C2=O. The summed E-state index contributed by atoms with van der Waals surface area (Å²) in [5.41, 5.74) is 2.54. The Morgan fingerprint density at radius 1 is 1.21 bits per heavy atom. The number of nitrogens with one attached hydrogen (secondary N) is 2. The van der Waals surface area contributed by atoms with E-state index in [4.69, 9.17) is 0 Å². The first-order valence-corrected chi connectivity index (χ1v) is 10.3. The summed E-state index contributed by atoms with van der Waals surface area (Å²) in [5, 5.41) is 3.65. The topological polar surface area (TPSA) is 81.8 Å². The number of imide groups is 1. The normalized spacial score (nSPS) is 26.9. The number of nitrogens with zero attached hydrogens (tertiary/aromatic N) is 2. The molecule has 3 aliphatic rings. The van der Waals surface area contributed by atoms with Gasteiger partial charge in [-0.15, -0.1) is 0 Å². The molecule has 3 fully saturated rings. The van der Waals surface area contributed by atoms with E-state index >= 15 is 0 Å². The number of benzene rings is 1. The number of amides is 4. The maximum Gasteiger partial charge on any atom is 0.344 e. The summed E-state index contributed by atoms with van der Waals surface area (Å²) in [6, 6.07) is 5.94. The van der Waals surface area contributed by atoms with Crippen molar-refractivity contribution in [1.82, 2.24) is 20.7 Å². The molecule has 1 saturated heterocycles. The van der Waals surface area contributed by atoms with Crippen LogP contribution in [-0.2, 0) is 16.1 Å². The maximum atomic E-state index is 13.1. The van der Waals surface area contributed by atoms with Crippen molar-refractivity contribution in [3.05, 3.63) is 35.6 Å². The Bertz CT molecular complexity index is 801. The summed E-state index contributed by atoms with van der Waals surface area (Å²) < 4.78 is 13.1. The van der Waals surface area contributed by atoms with Crippen LogP contribution in [0.4, 0.5) is 9.18 Å². The van der Waals surface area contributed by atoms with E-state index in [1.807, 2.05) is 4.90 Å². The van der Waals surface area contributed by atoms with Crippen molar-refractivity contribution in [2.45, 2.75) is 63.6 Å². The molecular weight excluding hydrogens is 375 g/mol. The van der Waals surface area contributed by atoms with E-state index in [2.05, 4.69) is 17.7 Å². The fourth-order valence-electron chi connectivity index (χ4n) is 4.24. The van der Waals surface area contributed by atoms with E-state index in [0.29, 0.717) is 31.3 Å². The van der Waals surface area contributed by atoms with Crippen LogP contribution in [0.2, 0.25) is 0 Å². The van der Waals surface area contributed by atoms with Crippen molar-refractivity contribution >= 4 is 17.8 Å². The standard InChI is InChI=1S/C21H27FN4O3/c1-14-8-10-21(11-9-14)19(28)26(20(29)23-21)24-18(27)13-25(17-6-7-17)12-15-2-4-16(22)5-3-15/h2-5,14,17H,6-13H2,1H3,(H,23,29)(H,24,27). The third-order valence-corrected chi connectivity index (χ3v) is 6.23. The zero-order valence-corrected chi connectivity index (χ0v) is 16.6. The second kappa shape index (κ2) is 7.74. The number of hydrogen-bond acceptors (Lipinski definition) is 4. The lowest BCUT2D eigenvalue weighted by Gasteiger charge is -2.33. The maximum absolute atomic E-state index is 13.1. The van der Waals surface area contributed by atoms with Crippen molar-refractivity contribution < 1.29 is 18.8 Å². The van der Waals surface area contributed by atoms with Crippen LogP contribution < -0.4 is 10.7 Å². The van der Waals surface area contributed by atoms with Crippen LogP contribution in [0.3, 0.4) is 0 Å². The van der Waals surface area contributed by atoms with Crippen LogP contribution in [0.1, 0.15) is 51.0 Å². The minimum absolute atomic E-state index is 0.0726. The Balaban J connectivity index is 1.37. The van der Waals surface area contributed by atoms with Gasteiger partial charge in [0.15, 0.2) is 0 Å². The molecule has 2 N–H and O–H groups in total. The molecule has 156 valence electrons. The van der Waals surface area contributed by atoms with Gasteiger partial charge in [-0.1, -0.05) is 19.1 Å². The number of carbonyl (C=O) groups excluding carboxylic acids is 3. The highest BCUT2D eigenvalue weighted by Crippen LogP contribution is 2.35. The van der Waals surface area contributed by atoms with E-state index in [1.165, 1.54) is 12.1 Å². The number of hydrazine groups is 1. The summed E-state index contributed by atoms with van der Waals surface area (Å²) in [6.45, 7) is 2.73. The fourth-order valence-corrected chi connectivity index (χ4v) is 4.24. The molecule has 29 heavy (non-hydrogen) atoms. The molecule has 2 saturated carbocycles. The molecule has 4 rings (SSSR count). The third-order valence-electron chi connectivity index (χ3n) is 6.23. The molecule has 8 heteroatoms. The van der Waals surface area contributed by atoms with Crippen LogP contribution in [-0.4, -0.2) is 45.9 Å². The molecule has 2 aliphatic carbocycles. The Hall–Kier alpha value is -2.48. The summed E-state index contributed by atoms with van der Waals surface area (Å²) in [6.07, 6.45) is 4.95. The predicted octanol–water partition coefficient (Wildman–Crippen LogP) is 2.32. The second-order valence-electron chi connectivity index (χ2n) is 8.63. The minimum Gasteiger partial charge on any atom is -0.322 e. The number of halogens is 1. The van der Waals surface area contributed by atoms with Gasteiger partial charge in [-0.05, 0) is 62.1 Å². The van der Waals surface area contributed by atoms with Crippen LogP contribution in [0, 0.1) is 11.7 Å². The summed E-state index contributed by atoms with van der Waals surface area (Å²) >= 11 is 0. The average molecular weight is 402 g/mol. The number of hydrogen-bond donors (Lipinski definition) is 2. The smallest absolute Gasteiger partial charge is 0.322 e. The van der Waals surface area contributed by atoms with Crippen LogP contribution in [0.5, 0.6) is 0 Å². The Morgan fingerprint density at radius 2 is 1.86 bits per heavy atom. The monoisotopic (exact) mass is 402 g/mol. The molecule has 0 aromatic heterocycles. The molecular formula is C21H27FN4O3. The second-order valence-corrected chi connectivity index (χ2v) is 8.63. The molecule has 4 amide bonds. The number of carbonyl (C=O) groups is 3. The number of urea groups is 1. The lowest BCUT2D eigenvalue weighted by atomic mass is 9.77. The van der Waals surface area contributed by atoms with E-state index in [0.717, 1.165) is 36.3 Å². The van der Waals surface area contributed by atoms with Crippen LogP contribution >= 0.6 is 0 Å². The van der Waals surface area contributed by atoms with Crippen molar-refractivity contribution in [1.29, 1.82) is 0 Å². The van der Waals surface area contributed by atoms with E-state index < -0.39 is 17.5 Å². The van der Waals surface area contributed by atoms with Crippen LogP contribution in [0.15, 0.2) is 24.3 Å². The van der Waals surface area contributed by atoms with E-state index in [-0.39, 0.29) is 18.3 Å². The predicted molar refractivity (Wildman–Crippen MR) is 104 cm³/mol. The average Bonchev–Trinajstić information content (AvgIpc) is 3.51. The first-order valence-electron chi connectivity index (χ1n) is 10.3. The summed E-state index contributed by atoms with van der Waals surface area (Å²) in [7, 11) is 0. The van der Waals surface area contributed by atoms with Crippen molar-refractivity contribution in [3.8, 4) is 0 Å². The van der Waals surface area contributed by atoms with Gasteiger partial charge in [-0.2, -0.15) is 5.01 Å². The van der Waals surface area contributed by atoms with Crippen molar-refractivity contribution in [2.24, 2.45) is 5.92 Å². The van der Waals surface area contributed by atoms with Gasteiger partial charge in [0.05, 0.1) is 6.54 Å². The molecule has 7 nitrogen and oxygen atoms in total. The lowest BCUT2D eigenvalue weighted by molar-refractivity contribution is -0.140. The minimum atomic E-state index is -0.874. The molecule has 0 unspecified atom stereocenters. The largest absolute Gasteiger partial charge is 0.344 e. The third kappa shape index (κ3) is 4.27. The quantitative estimate of drug-likeness (QED) is 0.716. The van der Waals surface area contributed by atoms with E-state index in [1.54, 1.807) is 12.1 Å². The van der Waals surface area contributed by atoms with Gasteiger partial charge < -0.3 is 5.32 Å². The molecule has 0 atom stereocenters. The molecule has 1 aromatic rings. The van der Waals surface area contributed by atoms with E-state index in [9.17, 15) is 18.8 Å². The van der Waals surface area contributed by atoms with Gasteiger partial charge in [0, 0.05) is 12.6 Å². The van der Waals surface area contributed by atoms with Gasteiger partial charge in [0.2, 0.25) is 0 Å². The first kappa shape index (κ1) is 19.8.